The zero-order valence-electron chi connectivity index (χ0n) is 33.0. The van der Waals surface area contributed by atoms with E-state index < -0.39 is 63.1 Å². The zero-order chi connectivity index (χ0) is 43.0. The number of benzene rings is 2. The van der Waals surface area contributed by atoms with Crippen LogP contribution in [0.2, 0.25) is 0 Å². The highest BCUT2D eigenvalue weighted by molar-refractivity contribution is 8.00. The molecule has 320 valence electrons. The summed E-state index contributed by atoms with van der Waals surface area (Å²) in [5.74, 6) is -3.27. The first kappa shape index (κ1) is 46.9. The molecule has 0 spiro atoms. The molecule has 14 nitrogen and oxygen atoms in total. The van der Waals surface area contributed by atoms with E-state index in [0.717, 1.165) is 18.2 Å². The lowest BCUT2D eigenvalue weighted by Gasteiger charge is -2.40. The number of unbranched alkanes of at least 4 members (excludes halogenated alkanes) is 2. The summed E-state index contributed by atoms with van der Waals surface area (Å²) in [7, 11) is -3.67. The Balaban J connectivity index is 1.39. The molecule has 0 bridgehead atoms. The van der Waals surface area contributed by atoms with Crippen molar-refractivity contribution in [2.45, 2.75) is 88.6 Å². The van der Waals surface area contributed by atoms with Gasteiger partial charge in [-0.05, 0) is 56.0 Å². The van der Waals surface area contributed by atoms with Gasteiger partial charge in [0.2, 0.25) is 6.29 Å². The van der Waals surface area contributed by atoms with Crippen LogP contribution >= 0.6 is 11.8 Å². The normalized spacial score (nSPS) is 18.0. The standard InChI is InChI=1S/C40H47F3N4O10S2/c1-27(2)21-54-59(50,51)17-9-5-6-11-37(48)55-29(4)56-39(49)57-40(24-47-26-45-25-46-47,34-16-15-32(41)19-36(34)43)28(3)58-33-22-52-38(53-23-33)12-8-7-10-31-14-13-30(20-44)18-35(31)42/h7-8,10,12-16,18-19,25-29,33,38H,5-6,9,11,17,21-24H2,1-4H3/b10-7+,12-8+/t28-,29?,33?,38?,40-/m1/s1. The van der Waals surface area contributed by atoms with E-state index in [1.54, 1.807) is 25.2 Å². The molecule has 1 aliphatic rings. The van der Waals surface area contributed by atoms with Gasteiger partial charge in [0.15, 0.2) is 11.9 Å². The fraction of sp³-hybridized carbons (Fsp3) is 0.475. The number of rotatable bonds is 21. The van der Waals surface area contributed by atoms with Gasteiger partial charge in [-0.25, -0.2) is 27.6 Å². The monoisotopic (exact) mass is 864 g/mol. The summed E-state index contributed by atoms with van der Waals surface area (Å²) in [6.07, 6.45) is 6.31. The quantitative estimate of drug-likeness (QED) is 0.0345. The van der Waals surface area contributed by atoms with Crippen LogP contribution in [0.15, 0.2) is 67.3 Å². The molecule has 0 N–H and O–H groups in total. The van der Waals surface area contributed by atoms with Crippen molar-refractivity contribution in [2.75, 3.05) is 25.6 Å². The highest BCUT2D eigenvalue weighted by Crippen LogP contribution is 2.42. The van der Waals surface area contributed by atoms with E-state index in [0.29, 0.717) is 24.5 Å². The summed E-state index contributed by atoms with van der Waals surface area (Å²) < 4.78 is 103. The van der Waals surface area contributed by atoms with Gasteiger partial charge in [0, 0.05) is 35.8 Å². The third-order valence-corrected chi connectivity index (χ3v) is 11.4. The highest BCUT2D eigenvalue weighted by Gasteiger charge is 2.47. The number of ether oxygens (including phenoxy) is 5. The Morgan fingerprint density at radius 1 is 1.03 bits per heavy atom. The van der Waals surface area contributed by atoms with Crippen LogP contribution in [-0.4, -0.2) is 84.0 Å². The van der Waals surface area contributed by atoms with E-state index >= 15 is 4.39 Å². The minimum atomic E-state index is -3.67. The predicted octanol–water partition coefficient (Wildman–Crippen LogP) is 7.20. The number of esters is 1. The molecule has 0 saturated carbocycles. The van der Waals surface area contributed by atoms with Crippen molar-refractivity contribution >= 4 is 40.1 Å². The average Bonchev–Trinajstić information content (AvgIpc) is 3.69. The van der Waals surface area contributed by atoms with E-state index in [-0.39, 0.29) is 67.3 Å². The van der Waals surface area contributed by atoms with E-state index in [1.165, 1.54) is 54.2 Å². The predicted molar refractivity (Wildman–Crippen MR) is 210 cm³/mol. The largest absolute Gasteiger partial charge is 0.512 e. The number of nitrogens with zero attached hydrogens (tertiary/aromatic N) is 4. The molecule has 0 amide bonds. The molecular weight excluding hydrogens is 818 g/mol. The topological polar surface area (TPSA) is 178 Å². The number of halogens is 3. The van der Waals surface area contributed by atoms with Gasteiger partial charge in [-0.15, -0.1) is 11.8 Å². The van der Waals surface area contributed by atoms with Crippen LogP contribution in [0.4, 0.5) is 18.0 Å². The number of aromatic nitrogens is 3. The van der Waals surface area contributed by atoms with Crippen molar-refractivity contribution in [2.24, 2.45) is 5.92 Å². The van der Waals surface area contributed by atoms with Gasteiger partial charge in [0.05, 0.1) is 49.0 Å². The number of hydrogen-bond acceptors (Lipinski definition) is 14. The SMILES string of the molecule is CC(C)COS(=O)(=O)CCCCCC(=O)OC(C)OC(=O)O[C@@](Cn1cncn1)(c1ccc(F)cc1F)[C@@H](C)SC1COC(/C=C/C=C/c2ccc(C#N)cc2F)OC1. The molecule has 0 aliphatic carbocycles. The minimum Gasteiger partial charge on any atom is -0.425 e. The molecular formula is C40H47F3N4O10S2. The maximum absolute atomic E-state index is 15.7. The van der Waals surface area contributed by atoms with Crippen molar-refractivity contribution in [3.05, 3.63) is 101 Å². The Hall–Kier alpha value is -4.74. The van der Waals surface area contributed by atoms with Gasteiger partial charge in [-0.2, -0.15) is 18.8 Å². The van der Waals surface area contributed by atoms with Crippen LogP contribution in [0.3, 0.4) is 0 Å². The molecule has 3 aromatic rings. The fourth-order valence-electron chi connectivity index (χ4n) is 5.73. The molecule has 1 fully saturated rings. The molecule has 4 rings (SSSR count). The van der Waals surface area contributed by atoms with Crippen molar-refractivity contribution in [1.82, 2.24) is 14.8 Å². The van der Waals surface area contributed by atoms with Gasteiger partial charge in [-0.1, -0.05) is 44.6 Å². The number of nitriles is 1. The Labute approximate surface area is 345 Å². The first-order valence-electron chi connectivity index (χ1n) is 18.8. The van der Waals surface area contributed by atoms with Gasteiger partial charge in [0.25, 0.3) is 10.1 Å². The van der Waals surface area contributed by atoms with Crippen LogP contribution in [0, 0.1) is 34.7 Å². The molecule has 59 heavy (non-hydrogen) atoms. The summed E-state index contributed by atoms with van der Waals surface area (Å²) in [5, 5.41) is 11.9. The Morgan fingerprint density at radius 3 is 2.46 bits per heavy atom. The van der Waals surface area contributed by atoms with E-state index in [2.05, 4.69) is 10.1 Å². The average molecular weight is 865 g/mol. The number of allylic oxidation sites excluding steroid dienone is 2. The molecule has 1 unspecified atom stereocenters. The Morgan fingerprint density at radius 2 is 1.80 bits per heavy atom. The van der Waals surface area contributed by atoms with E-state index in [4.69, 9.17) is 33.1 Å². The van der Waals surface area contributed by atoms with Crippen LogP contribution in [0.1, 0.15) is 70.1 Å². The Kier molecular flexibility index (Phi) is 18.0. The number of carbonyl (C=O) groups is 2. The molecule has 19 heteroatoms. The van der Waals surface area contributed by atoms with Gasteiger partial charge < -0.3 is 23.7 Å². The second-order valence-electron chi connectivity index (χ2n) is 13.9. The first-order valence-corrected chi connectivity index (χ1v) is 21.3. The fourth-order valence-corrected chi connectivity index (χ4v) is 8.24. The molecule has 1 saturated heterocycles. The highest BCUT2D eigenvalue weighted by atomic mass is 32.2. The lowest BCUT2D eigenvalue weighted by atomic mass is 9.89. The smallest absolute Gasteiger partial charge is 0.425 e. The van der Waals surface area contributed by atoms with E-state index in [9.17, 15) is 26.8 Å². The molecule has 1 aliphatic heterocycles. The molecule has 0 radical (unpaired) electrons. The van der Waals surface area contributed by atoms with Gasteiger partial charge in [0.1, 0.15) is 30.1 Å². The molecule has 3 atom stereocenters. The zero-order valence-corrected chi connectivity index (χ0v) is 34.6. The third-order valence-electron chi connectivity index (χ3n) is 8.66. The maximum atomic E-state index is 15.7. The summed E-state index contributed by atoms with van der Waals surface area (Å²) >= 11 is 1.24. The van der Waals surface area contributed by atoms with E-state index in [1.807, 2.05) is 19.9 Å². The van der Waals surface area contributed by atoms with Crippen LogP contribution in [0.5, 0.6) is 0 Å². The second-order valence-corrected chi connectivity index (χ2v) is 17.3. The maximum Gasteiger partial charge on any atom is 0.512 e. The number of hydrogen-bond donors (Lipinski definition) is 0. The molecule has 1 aromatic heterocycles. The number of carbonyl (C=O) groups excluding carboxylic acids is 2. The van der Waals surface area contributed by atoms with Gasteiger partial charge >= 0.3 is 12.1 Å². The lowest BCUT2D eigenvalue weighted by Crippen LogP contribution is -2.47. The summed E-state index contributed by atoms with van der Waals surface area (Å²) in [6.45, 7) is 6.73. The van der Waals surface area contributed by atoms with Crippen LogP contribution in [0.25, 0.3) is 6.08 Å². The second kappa shape index (κ2) is 22.6. The van der Waals surface area contributed by atoms with Crippen LogP contribution < -0.4 is 0 Å². The summed E-state index contributed by atoms with van der Waals surface area (Å²) in [5.41, 5.74) is -1.61. The molecule has 2 heterocycles. The Bertz CT molecular complexity index is 2060. The van der Waals surface area contributed by atoms with Crippen molar-refractivity contribution in [3.63, 3.8) is 0 Å². The third kappa shape index (κ3) is 15.1. The van der Waals surface area contributed by atoms with Crippen LogP contribution in [-0.2, 0) is 54.9 Å². The lowest BCUT2D eigenvalue weighted by molar-refractivity contribution is -0.171. The first-order chi connectivity index (χ1) is 28.1. The molecule has 2 aromatic carbocycles. The minimum absolute atomic E-state index is 0.0565. The van der Waals surface area contributed by atoms with Crippen molar-refractivity contribution < 1.29 is 59.0 Å². The van der Waals surface area contributed by atoms with Gasteiger partial charge in [-0.3, -0.25) is 8.98 Å². The summed E-state index contributed by atoms with van der Waals surface area (Å²) in [6, 6.07) is 8.85. The summed E-state index contributed by atoms with van der Waals surface area (Å²) in [4.78, 5) is 29.9. The number of thioether (sulfide) groups is 1. The van der Waals surface area contributed by atoms with Crippen molar-refractivity contribution in [3.8, 4) is 6.07 Å². The van der Waals surface area contributed by atoms with Crippen molar-refractivity contribution in [1.29, 1.82) is 5.26 Å².